The molecule has 0 fully saturated rings. The number of rotatable bonds is 3. The standard InChI is InChI=1S/C34H22N3OP/c38-39(24-13-3-1-4-14-24,25-15-5-2-6-16-25)31-21-11-17-26-32-27(22-23-12-7-8-18-28(23)35-32)34-36-29-19-9-10-20-30(29)37(34)33(26)31/h1-22H. The highest BCUT2D eigenvalue weighted by Gasteiger charge is 2.33. The zero-order chi connectivity index (χ0) is 26.0. The zero-order valence-electron chi connectivity index (χ0n) is 20.9. The molecule has 0 spiro atoms. The van der Waals surface area contributed by atoms with Crippen LogP contribution in [0, 0.1) is 0 Å². The minimum atomic E-state index is -3.28. The fourth-order valence-electron chi connectivity index (χ4n) is 5.84. The van der Waals surface area contributed by atoms with Crippen molar-refractivity contribution in [1.29, 1.82) is 0 Å². The van der Waals surface area contributed by atoms with Crippen LogP contribution in [0.3, 0.4) is 0 Å². The van der Waals surface area contributed by atoms with Gasteiger partial charge in [-0.3, -0.25) is 4.40 Å². The highest BCUT2D eigenvalue weighted by atomic mass is 31.2. The van der Waals surface area contributed by atoms with Crippen LogP contribution in [-0.2, 0) is 4.57 Å². The largest absolute Gasteiger partial charge is 0.309 e. The number of para-hydroxylation sites is 4. The van der Waals surface area contributed by atoms with Crippen LogP contribution in [-0.4, -0.2) is 14.4 Å². The number of pyridine rings is 2. The Morgan fingerprint density at radius 2 is 1.21 bits per heavy atom. The van der Waals surface area contributed by atoms with Crippen LogP contribution < -0.4 is 15.9 Å². The Balaban J connectivity index is 1.65. The second-order valence-electron chi connectivity index (χ2n) is 9.79. The summed E-state index contributed by atoms with van der Waals surface area (Å²) in [7, 11) is -3.28. The predicted molar refractivity (Wildman–Crippen MR) is 162 cm³/mol. The van der Waals surface area contributed by atoms with Crippen molar-refractivity contribution in [3.8, 4) is 0 Å². The molecule has 0 N–H and O–H groups in total. The van der Waals surface area contributed by atoms with E-state index in [0.29, 0.717) is 0 Å². The lowest BCUT2D eigenvalue weighted by Crippen LogP contribution is -2.26. The zero-order valence-corrected chi connectivity index (χ0v) is 21.8. The van der Waals surface area contributed by atoms with Crippen LogP contribution in [0.25, 0.3) is 49.4 Å². The maximum Gasteiger partial charge on any atom is 0.173 e. The molecule has 0 radical (unpaired) electrons. The second kappa shape index (κ2) is 8.36. The van der Waals surface area contributed by atoms with E-state index < -0.39 is 7.14 Å². The highest BCUT2D eigenvalue weighted by molar-refractivity contribution is 7.85. The van der Waals surface area contributed by atoms with Crippen LogP contribution in [0.2, 0.25) is 0 Å². The van der Waals surface area contributed by atoms with E-state index in [-0.39, 0.29) is 0 Å². The van der Waals surface area contributed by atoms with Gasteiger partial charge in [0.2, 0.25) is 0 Å². The minimum absolute atomic E-state index is 0.780. The summed E-state index contributed by atoms with van der Waals surface area (Å²) >= 11 is 0. The molecule has 0 aliphatic carbocycles. The number of aromatic nitrogens is 3. The molecule has 8 rings (SSSR count). The average molecular weight is 520 g/mol. The van der Waals surface area contributed by atoms with E-state index in [9.17, 15) is 0 Å². The third kappa shape index (κ3) is 3.16. The molecule has 0 aliphatic heterocycles. The van der Waals surface area contributed by atoms with Crippen LogP contribution in [0.4, 0.5) is 0 Å². The lowest BCUT2D eigenvalue weighted by atomic mass is 10.1. The van der Waals surface area contributed by atoms with Crippen molar-refractivity contribution in [2.75, 3.05) is 0 Å². The van der Waals surface area contributed by atoms with E-state index in [2.05, 4.69) is 28.7 Å². The number of fused-ring (bicyclic) bond motifs is 9. The fourth-order valence-corrected chi connectivity index (χ4v) is 8.69. The summed E-state index contributed by atoms with van der Waals surface area (Å²) in [6.45, 7) is 0. The van der Waals surface area contributed by atoms with Crippen molar-refractivity contribution < 1.29 is 4.57 Å². The quantitative estimate of drug-likeness (QED) is 0.144. The Morgan fingerprint density at radius 3 is 1.95 bits per heavy atom. The van der Waals surface area contributed by atoms with Gasteiger partial charge in [-0.1, -0.05) is 103 Å². The number of hydrogen-bond acceptors (Lipinski definition) is 3. The number of imidazole rings is 1. The SMILES string of the molecule is O=P(c1ccccc1)(c1ccccc1)c1cccc2c3nc4ccccc4cc3c3nc4ccccc4n3c12. The molecule has 3 heterocycles. The Bertz CT molecular complexity index is 2210. The van der Waals surface area contributed by atoms with E-state index in [1.807, 2.05) is 109 Å². The summed E-state index contributed by atoms with van der Waals surface area (Å²) in [5.74, 6) is 0. The molecular formula is C34H22N3OP. The van der Waals surface area contributed by atoms with Crippen molar-refractivity contribution in [3.05, 3.63) is 133 Å². The number of nitrogens with zero attached hydrogens (tertiary/aromatic N) is 3. The summed E-state index contributed by atoms with van der Waals surface area (Å²) in [5.41, 5.74) is 5.35. The third-order valence-corrected chi connectivity index (χ3v) is 10.7. The van der Waals surface area contributed by atoms with Crippen molar-refractivity contribution in [2.45, 2.75) is 0 Å². The van der Waals surface area contributed by atoms with Crippen molar-refractivity contribution in [1.82, 2.24) is 14.4 Å². The normalized spacial score (nSPS) is 12.2. The molecule has 5 heteroatoms. The first-order valence-electron chi connectivity index (χ1n) is 13.0. The molecule has 5 aromatic carbocycles. The van der Waals surface area contributed by atoms with Gasteiger partial charge in [0.1, 0.15) is 5.65 Å². The number of hydrogen-bond donors (Lipinski definition) is 0. The summed E-state index contributed by atoms with van der Waals surface area (Å²) in [5, 5.41) is 5.37. The third-order valence-electron chi connectivity index (χ3n) is 7.60. The topological polar surface area (TPSA) is 47.3 Å². The molecule has 0 aliphatic rings. The lowest BCUT2D eigenvalue weighted by molar-refractivity contribution is 0.592. The summed E-state index contributed by atoms with van der Waals surface area (Å²) in [6.07, 6.45) is 0. The molecule has 0 unspecified atom stereocenters. The molecule has 0 amide bonds. The molecule has 39 heavy (non-hydrogen) atoms. The first-order chi connectivity index (χ1) is 19.2. The van der Waals surface area contributed by atoms with E-state index in [4.69, 9.17) is 9.97 Å². The van der Waals surface area contributed by atoms with E-state index in [1.165, 1.54) is 0 Å². The second-order valence-corrected chi connectivity index (χ2v) is 12.5. The van der Waals surface area contributed by atoms with Gasteiger partial charge in [0.05, 0.1) is 27.6 Å². The molecule has 4 nitrogen and oxygen atoms in total. The van der Waals surface area contributed by atoms with E-state index >= 15 is 4.57 Å². The van der Waals surface area contributed by atoms with Gasteiger partial charge in [0.15, 0.2) is 7.14 Å². The van der Waals surface area contributed by atoms with Gasteiger partial charge >= 0.3 is 0 Å². The first kappa shape index (κ1) is 22.2. The minimum Gasteiger partial charge on any atom is -0.309 e. The molecule has 184 valence electrons. The Kier molecular flexibility index (Phi) is 4.76. The van der Waals surface area contributed by atoms with Crippen LogP contribution in [0.15, 0.2) is 133 Å². The fraction of sp³-hybridized carbons (Fsp3) is 0. The van der Waals surface area contributed by atoms with Crippen LogP contribution in [0.5, 0.6) is 0 Å². The monoisotopic (exact) mass is 519 g/mol. The molecule has 3 aromatic heterocycles. The van der Waals surface area contributed by atoms with E-state index in [0.717, 1.165) is 65.3 Å². The van der Waals surface area contributed by atoms with Gasteiger partial charge in [-0.05, 0) is 30.3 Å². The predicted octanol–water partition coefficient (Wildman–Crippen LogP) is 6.98. The summed E-state index contributed by atoms with van der Waals surface area (Å²) in [6, 6.07) is 44.3. The first-order valence-corrected chi connectivity index (χ1v) is 14.7. The van der Waals surface area contributed by atoms with Gasteiger partial charge in [-0.15, -0.1) is 0 Å². The van der Waals surface area contributed by atoms with Crippen molar-refractivity contribution in [2.24, 2.45) is 0 Å². The number of benzene rings is 5. The molecule has 0 saturated carbocycles. The van der Waals surface area contributed by atoms with Gasteiger partial charge < -0.3 is 4.57 Å². The molecule has 0 saturated heterocycles. The van der Waals surface area contributed by atoms with Gasteiger partial charge in [0, 0.05) is 32.1 Å². The summed E-state index contributed by atoms with van der Waals surface area (Å²) in [4.78, 5) is 10.3. The molecule has 0 atom stereocenters. The van der Waals surface area contributed by atoms with Crippen LogP contribution in [0.1, 0.15) is 0 Å². The maximum absolute atomic E-state index is 15.6. The van der Waals surface area contributed by atoms with Gasteiger partial charge in [-0.25, -0.2) is 9.97 Å². The van der Waals surface area contributed by atoms with E-state index in [1.54, 1.807) is 0 Å². The molecular weight excluding hydrogens is 497 g/mol. The Labute approximate surface area is 224 Å². The lowest BCUT2D eigenvalue weighted by Gasteiger charge is -2.23. The smallest absolute Gasteiger partial charge is 0.173 e. The molecule has 8 aromatic rings. The Hall–Kier alpha value is -4.79. The van der Waals surface area contributed by atoms with Crippen molar-refractivity contribution in [3.63, 3.8) is 0 Å². The van der Waals surface area contributed by atoms with Gasteiger partial charge in [-0.2, -0.15) is 0 Å². The van der Waals surface area contributed by atoms with Crippen LogP contribution >= 0.6 is 7.14 Å². The summed E-state index contributed by atoms with van der Waals surface area (Å²) < 4.78 is 17.8. The maximum atomic E-state index is 15.6. The Morgan fingerprint density at radius 1 is 0.564 bits per heavy atom. The highest BCUT2D eigenvalue weighted by Crippen LogP contribution is 2.45. The van der Waals surface area contributed by atoms with Gasteiger partial charge in [0.25, 0.3) is 0 Å². The average Bonchev–Trinajstić information content (AvgIpc) is 3.40. The van der Waals surface area contributed by atoms with Crippen molar-refractivity contribution >= 4 is 72.4 Å². The molecule has 0 bridgehead atoms.